The Morgan fingerprint density at radius 1 is 1.05 bits per heavy atom. The van der Waals surface area contributed by atoms with Crippen LogP contribution in [0.2, 0.25) is 0 Å². The summed E-state index contributed by atoms with van der Waals surface area (Å²) in [5.41, 5.74) is 0.759. The fraction of sp³-hybridized carbons (Fsp3) is 0.0667. The van der Waals surface area contributed by atoms with Crippen LogP contribution >= 0.6 is 11.3 Å². The van der Waals surface area contributed by atoms with Crippen LogP contribution < -0.4 is 0 Å². The molecule has 0 atom stereocenters. The highest BCUT2D eigenvalue weighted by atomic mass is 32.2. The molecule has 5 heteroatoms. The van der Waals surface area contributed by atoms with Gasteiger partial charge in [0, 0.05) is 4.70 Å². The Morgan fingerprint density at radius 2 is 1.85 bits per heavy atom. The highest BCUT2D eigenvalue weighted by Crippen LogP contribution is 2.28. The van der Waals surface area contributed by atoms with Gasteiger partial charge in [0.25, 0.3) is 0 Å². The van der Waals surface area contributed by atoms with Gasteiger partial charge < -0.3 is 0 Å². The first-order valence-corrected chi connectivity index (χ1v) is 8.53. The molecule has 0 N–H and O–H groups in total. The lowest BCUT2D eigenvalue weighted by molar-refractivity contribution is 0.590. The normalized spacial score (nSPS) is 11.8. The summed E-state index contributed by atoms with van der Waals surface area (Å²) < 4.78 is 38.9. The number of benzene rings is 2. The Kier molecular flexibility index (Phi) is 3.31. The first kappa shape index (κ1) is 13.3. The van der Waals surface area contributed by atoms with E-state index in [1.54, 1.807) is 0 Å². The predicted octanol–water partition coefficient (Wildman–Crippen LogP) is 4.01. The van der Waals surface area contributed by atoms with Crippen molar-refractivity contribution < 1.29 is 12.8 Å². The highest BCUT2D eigenvalue weighted by molar-refractivity contribution is 7.90. The van der Waals surface area contributed by atoms with E-state index in [0.29, 0.717) is 0 Å². The Bertz CT molecular complexity index is 866. The van der Waals surface area contributed by atoms with E-state index in [9.17, 15) is 12.8 Å². The van der Waals surface area contributed by atoms with E-state index in [1.807, 2.05) is 29.6 Å². The van der Waals surface area contributed by atoms with Crippen molar-refractivity contribution in [3.05, 3.63) is 65.3 Å². The largest absolute Gasteiger partial charge is 0.223 e. The van der Waals surface area contributed by atoms with E-state index in [1.165, 1.54) is 29.5 Å². The molecule has 0 saturated carbocycles. The Hall–Kier alpha value is -1.72. The maximum absolute atomic E-state index is 13.2. The summed E-state index contributed by atoms with van der Waals surface area (Å²) in [4.78, 5) is 0.0211. The van der Waals surface area contributed by atoms with Gasteiger partial charge >= 0.3 is 0 Å². The van der Waals surface area contributed by atoms with Crippen LogP contribution in [-0.2, 0) is 15.6 Å². The molecule has 1 heterocycles. The van der Waals surface area contributed by atoms with Gasteiger partial charge in [-0.15, -0.1) is 11.3 Å². The number of rotatable bonds is 3. The summed E-state index contributed by atoms with van der Waals surface area (Å²) >= 11 is 1.51. The van der Waals surface area contributed by atoms with Crippen molar-refractivity contribution in [1.29, 1.82) is 0 Å². The maximum Gasteiger partial charge on any atom is 0.182 e. The van der Waals surface area contributed by atoms with Crippen LogP contribution in [0, 0.1) is 5.82 Å². The second kappa shape index (κ2) is 5.00. The third-order valence-electron chi connectivity index (χ3n) is 3.06. The molecular weight excluding hydrogens is 295 g/mol. The molecule has 1 aromatic heterocycles. The highest BCUT2D eigenvalue weighted by Gasteiger charge is 2.18. The predicted molar refractivity (Wildman–Crippen MR) is 79.1 cm³/mol. The second-order valence-corrected chi connectivity index (χ2v) is 7.37. The Morgan fingerprint density at radius 3 is 2.65 bits per heavy atom. The zero-order valence-electron chi connectivity index (χ0n) is 10.4. The average Bonchev–Trinajstić information content (AvgIpc) is 2.82. The van der Waals surface area contributed by atoms with Gasteiger partial charge in [0.15, 0.2) is 9.84 Å². The van der Waals surface area contributed by atoms with Crippen LogP contribution in [0.25, 0.3) is 10.1 Å². The lowest BCUT2D eigenvalue weighted by Crippen LogP contribution is -2.04. The molecule has 3 aromatic rings. The molecule has 0 unspecified atom stereocenters. The number of fused-ring (bicyclic) bond motifs is 1. The van der Waals surface area contributed by atoms with Crippen LogP contribution in [-0.4, -0.2) is 8.42 Å². The number of thiophene rings is 1. The van der Waals surface area contributed by atoms with E-state index >= 15 is 0 Å². The number of hydrogen-bond acceptors (Lipinski definition) is 3. The third kappa shape index (κ3) is 2.46. The smallest absolute Gasteiger partial charge is 0.182 e. The minimum absolute atomic E-state index is 0.0211. The molecule has 2 aromatic carbocycles. The lowest BCUT2D eigenvalue weighted by atomic mass is 10.2. The van der Waals surface area contributed by atoms with Gasteiger partial charge in [-0.2, -0.15) is 0 Å². The van der Waals surface area contributed by atoms with Crippen molar-refractivity contribution in [2.75, 3.05) is 0 Å². The van der Waals surface area contributed by atoms with Crippen molar-refractivity contribution in [1.82, 2.24) is 0 Å². The standard InChI is InChI=1S/C15H11FO2S2/c16-12-4-3-5-13(8-12)20(17,18)10-11-9-19-15-7-2-1-6-14(11)15/h1-9H,10H2. The van der Waals surface area contributed by atoms with E-state index in [4.69, 9.17) is 0 Å². The van der Waals surface area contributed by atoms with E-state index in [0.717, 1.165) is 21.7 Å². The van der Waals surface area contributed by atoms with Crippen molar-refractivity contribution in [2.24, 2.45) is 0 Å². The van der Waals surface area contributed by atoms with Gasteiger partial charge in [0.1, 0.15) is 5.82 Å². The summed E-state index contributed by atoms with van der Waals surface area (Å²) in [6, 6.07) is 12.8. The van der Waals surface area contributed by atoms with Crippen LogP contribution in [0.4, 0.5) is 4.39 Å². The SMILES string of the molecule is O=S(=O)(Cc1csc2ccccc12)c1cccc(F)c1. The molecule has 20 heavy (non-hydrogen) atoms. The van der Waals surface area contributed by atoms with Gasteiger partial charge in [0.2, 0.25) is 0 Å². The number of hydrogen-bond donors (Lipinski definition) is 0. The summed E-state index contributed by atoms with van der Waals surface area (Å²) in [7, 11) is -3.53. The number of halogens is 1. The van der Waals surface area contributed by atoms with Gasteiger partial charge in [0.05, 0.1) is 10.6 Å². The Labute approximate surface area is 120 Å². The molecule has 0 aliphatic rings. The molecule has 3 rings (SSSR count). The molecule has 102 valence electrons. The summed E-state index contributed by atoms with van der Waals surface area (Å²) in [5.74, 6) is -0.651. The topological polar surface area (TPSA) is 34.1 Å². The molecule has 0 radical (unpaired) electrons. The van der Waals surface area contributed by atoms with Crippen LogP contribution in [0.1, 0.15) is 5.56 Å². The maximum atomic E-state index is 13.2. The molecular formula is C15H11FO2S2. The van der Waals surface area contributed by atoms with Gasteiger partial charge in [-0.25, -0.2) is 12.8 Å². The lowest BCUT2D eigenvalue weighted by Gasteiger charge is -2.04. The molecule has 0 bridgehead atoms. The van der Waals surface area contributed by atoms with Crippen molar-refractivity contribution in [3.63, 3.8) is 0 Å². The Balaban J connectivity index is 2.02. The van der Waals surface area contributed by atoms with Crippen molar-refractivity contribution >= 4 is 31.3 Å². The molecule has 2 nitrogen and oxygen atoms in total. The third-order valence-corrected chi connectivity index (χ3v) is 5.74. The molecule has 0 amide bonds. The monoisotopic (exact) mass is 306 g/mol. The number of sulfone groups is 1. The van der Waals surface area contributed by atoms with Gasteiger partial charge in [-0.3, -0.25) is 0 Å². The fourth-order valence-corrected chi connectivity index (χ4v) is 4.55. The van der Waals surface area contributed by atoms with Crippen LogP contribution in [0.3, 0.4) is 0 Å². The summed E-state index contributed by atoms with van der Waals surface area (Å²) in [6.07, 6.45) is 0. The van der Waals surface area contributed by atoms with Crippen LogP contribution in [0.5, 0.6) is 0 Å². The quantitative estimate of drug-likeness (QED) is 0.732. The zero-order valence-corrected chi connectivity index (χ0v) is 12.0. The summed E-state index contributed by atoms with van der Waals surface area (Å²) in [6.45, 7) is 0. The average molecular weight is 306 g/mol. The zero-order chi connectivity index (χ0) is 14.2. The van der Waals surface area contributed by atoms with Crippen molar-refractivity contribution in [2.45, 2.75) is 10.6 Å². The van der Waals surface area contributed by atoms with Crippen molar-refractivity contribution in [3.8, 4) is 0 Å². The van der Waals surface area contributed by atoms with Gasteiger partial charge in [-0.1, -0.05) is 24.3 Å². The second-order valence-electron chi connectivity index (χ2n) is 4.47. The molecule has 0 saturated heterocycles. The first-order valence-electron chi connectivity index (χ1n) is 6.00. The first-order chi connectivity index (χ1) is 9.56. The van der Waals surface area contributed by atoms with E-state index in [-0.39, 0.29) is 10.6 Å². The molecule has 0 spiro atoms. The molecule has 0 aliphatic heterocycles. The molecule has 0 fully saturated rings. The van der Waals surface area contributed by atoms with E-state index in [2.05, 4.69) is 0 Å². The molecule has 0 aliphatic carbocycles. The van der Waals surface area contributed by atoms with Crippen LogP contribution in [0.15, 0.2) is 58.8 Å². The van der Waals surface area contributed by atoms with E-state index < -0.39 is 15.7 Å². The minimum atomic E-state index is -3.53. The van der Waals surface area contributed by atoms with Gasteiger partial charge in [-0.05, 0) is 40.6 Å². The summed E-state index contributed by atoms with van der Waals surface area (Å²) in [5, 5.41) is 2.79. The minimum Gasteiger partial charge on any atom is -0.223 e. The fourth-order valence-electron chi connectivity index (χ4n) is 2.09.